The third kappa shape index (κ3) is 3.64. The molecule has 31 heavy (non-hydrogen) atoms. The maximum absolute atomic E-state index is 13.1. The number of fused-ring (bicyclic) bond motifs is 5. The van der Waals surface area contributed by atoms with Crippen LogP contribution in [-0.4, -0.2) is 41.2 Å². The molecule has 2 aliphatic carbocycles. The largest absolute Gasteiger partial charge is 0.454 e. The summed E-state index contributed by atoms with van der Waals surface area (Å²) in [6.07, 6.45) is 2.90. The van der Waals surface area contributed by atoms with E-state index in [4.69, 9.17) is 4.74 Å². The van der Waals surface area contributed by atoms with Crippen LogP contribution in [0.1, 0.15) is 44.2 Å². The number of para-hydroxylation sites is 1. The number of hydrogen-bond donors (Lipinski definition) is 1. The Bertz CT molecular complexity index is 892. The van der Waals surface area contributed by atoms with Gasteiger partial charge in [-0.15, -0.1) is 0 Å². The Kier molecular flexibility index (Phi) is 5.62. The predicted octanol–water partition coefficient (Wildman–Crippen LogP) is 2.84. The molecule has 1 aromatic rings. The summed E-state index contributed by atoms with van der Waals surface area (Å²) < 4.78 is 5.28. The Balaban J connectivity index is 1.43. The van der Waals surface area contributed by atoms with Gasteiger partial charge in [-0.25, -0.2) is 4.79 Å². The molecule has 0 spiro atoms. The molecule has 1 N–H and O–H groups in total. The molecular weight excluding hydrogens is 396 g/mol. The number of imide groups is 1. The molecule has 1 heterocycles. The first-order valence-electron chi connectivity index (χ1n) is 11.1. The number of carbonyl (C=O) groups is 4. The summed E-state index contributed by atoms with van der Waals surface area (Å²) in [5.74, 6) is -2.01. The van der Waals surface area contributed by atoms with Crippen LogP contribution in [0.15, 0.2) is 18.2 Å². The molecule has 0 radical (unpaired) electrons. The molecular formula is C24H30N2O5. The lowest BCUT2D eigenvalue weighted by Crippen LogP contribution is -2.50. The highest BCUT2D eigenvalue weighted by Gasteiger charge is 2.62. The molecule has 7 nitrogen and oxygen atoms in total. The van der Waals surface area contributed by atoms with Crippen molar-refractivity contribution in [2.24, 2.45) is 29.6 Å². The molecule has 1 saturated heterocycles. The summed E-state index contributed by atoms with van der Waals surface area (Å²) >= 11 is 0. The average molecular weight is 427 g/mol. The number of rotatable bonds is 6. The summed E-state index contributed by atoms with van der Waals surface area (Å²) in [6, 6.07) is 4.67. The number of likely N-dealkylation sites (tertiary alicyclic amines) is 1. The van der Waals surface area contributed by atoms with Gasteiger partial charge in [0.05, 0.1) is 11.8 Å². The molecule has 0 aromatic heterocycles. The first-order chi connectivity index (χ1) is 14.7. The van der Waals surface area contributed by atoms with Gasteiger partial charge in [0.25, 0.3) is 5.91 Å². The summed E-state index contributed by atoms with van der Waals surface area (Å²) in [5, 5.41) is 2.78. The minimum Gasteiger partial charge on any atom is -0.454 e. The molecule has 3 aliphatic rings. The number of ether oxygens (including phenoxy) is 1. The fourth-order valence-corrected chi connectivity index (χ4v) is 5.79. The van der Waals surface area contributed by atoms with Crippen molar-refractivity contribution in [3.63, 3.8) is 0 Å². The van der Waals surface area contributed by atoms with E-state index in [0.717, 1.165) is 35.3 Å². The topological polar surface area (TPSA) is 92.8 Å². The molecule has 1 aromatic carbocycles. The molecule has 7 heteroatoms. The zero-order valence-corrected chi connectivity index (χ0v) is 18.5. The lowest BCUT2D eigenvalue weighted by molar-refractivity contribution is -0.162. The van der Waals surface area contributed by atoms with Crippen LogP contribution in [0.5, 0.6) is 0 Å². The van der Waals surface area contributed by atoms with Crippen LogP contribution in [0.3, 0.4) is 0 Å². The number of nitrogens with one attached hydrogen (secondary N) is 1. The first-order valence-corrected chi connectivity index (χ1v) is 11.1. The van der Waals surface area contributed by atoms with Crippen LogP contribution < -0.4 is 5.32 Å². The van der Waals surface area contributed by atoms with Crippen LogP contribution in [0.25, 0.3) is 0 Å². The van der Waals surface area contributed by atoms with E-state index in [1.807, 2.05) is 32.0 Å². The van der Waals surface area contributed by atoms with Crippen LogP contribution in [-0.2, 0) is 23.9 Å². The number of anilines is 1. The average Bonchev–Trinajstić information content (AvgIpc) is 3.39. The third-order valence-corrected chi connectivity index (χ3v) is 7.20. The second-order valence-corrected chi connectivity index (χ2v) is 9.54. The van der Waals surface area contributed by atoms with Crippen molar-refractivity contribution in [1.29, 1.82) is 0 Å². The van der Waals surface area contributed by atoms with E-state index in [0.29, 0.717) is 5.69 Å². The van der Waals surface area contributed by atoms with Crippen molar-refractivity contribution >= 4 is 29.4 Å². The normalized spacial score (nSPS) is 27.6. The van der Waals surface area contributed by atoms with Gasteiger partial charge in [0.2, 0.25) is 11.8 Å². The van der Waals surface area contributed by atoms with Crippen LogP contribution >= 0.6 is 0 Å². The Morgan fingerprint density at radius 1 is 1.06 bits per heavy atom. The maximum Gasteiger partial charge on any atom is 0.330 e. The molecule has 3 fully saturated rings. The maximum atomic E-state index is 13.1. The molecule has 0 unspecified atom stereocenters. The molecule has 5 atom stereocenters. The van der Waals surface area contributed by atoms with Gasteiger partial charge in [0, 0.05) is 5.69 Å². The van der Waals surface area contributed by atoms with E-state index in [1.54, 1.807) is 13.8 Å². The summed E-state index contributed by atoms with van der Waals surface area (Å²) in [4.78, 5) is 52.7. The number of esters is 1. The Morgan fingerprint density at radius 2 is 1.61 bits per heavy atom. The van der Waals surface area contributed by atoms with Crippen molar-refractivity contribution < 1.29 is 23.9 Å². The van der Waals surface area contributed by atoms with Crippen molar-refractivity contribution in [1.82, 2.24) is 4.90 Å². The first kappa shape index (κ1) is 21.5. The van der Waals surface area contributed by atoms with Gasteiger partial charge in [0.15, 0.2) is 6.61 Å². The van der Waals surface area contributed by atoms with Crippen LogP contribution in [0.4, 0.5) is 5.69 Å². The molecule has 4 rings (SSSR count). The second kappa shape index (κ2) is 8.09. The SMILES string of the molecule is Cc1cccc(C)c1NC(=O)COC(=O)[C@H](C(C)C)N1C(=O)[C@@H]2[C@@H]3CC[C@@H](C3)[C@@H]2C1=O. The van der Waals surface area contributed by atoms with E-state index in [1.165, 1.54) is 0 Å². The molecule has 3 amide bonds. The van der Waals surface area contributed by atoms with Crippen molar-refractivity contribution in [3.8, 4) is 0 Å². The third-order valence-electron chi connectivity index (χ3n) is 7.20. The van der Waals surface area contributed by atoms with Gasteiger partial charge >= 0.3 is 5.97 Å². The fraction of sp³-hybridized carbons (Fsp3) is 0.583. The number of benzene rings is 1. The number of amides is 3. The number of aryl methyl sites for hydroxylation is 2. The van der Waals surface area contributed by atoms with Crippen molar-refractivity contribution in [3.05, 3.63) is 29.3 Å². The van der Waals surface area contributed by atoms with E-state index in [2.05, 4.69) is 5.32 Å². The standard InChI is InChI=1S/C24H30N2O5/c1-12(2)21(26-22(28)18-15-8-9-16(10-15)19(18)23(26)29)24(30)31-11-17(27)25-20-13(3)6-5-7-14(20)4/h5-7,12,15-16,18-19,21H,8-11H2,1-4H3,(H,25,27)/t15-,16+,18-,19+,21-/m0/s1. The summed E-state index contributed by atoms with van der Waals surface area (Å²) in [7, 11) is 0. The van der Waals surface area contributed by atoms with E-state index in [9.17, 15) is 19.2 Å². The van der Waals surface area contributed by atoms with Crippen molar-refractivity contribution in [2.75, 3.05) is 11.9 Å². The lowest BCUT2D eigenvalue weighted by Gasteiger charge is -2.28. The zero-order valence-electron chi connectivity index (χ0n) is 18.5. The molecule has 2 saturated carbocycles. The summed E-state index contributed by atoms with van der Waals surface area (Å²) in [5.41, 5.74) is 2.51. The lowest BCUT2D eigenvalue weighted by atomic mass is 9.81. The van der Waals surface area contributed by atoms with E-state index in [-0.39, 0.29) is 41.4 Å². The minimum absolute atomic E-state index is 0.238. The Labute approximate surface area is 182 Å². The van der Waals surface area contributed by atoms with Crippen LogP contribution in [0, 0.1) is 43.4 Å². The summed E-state index contributed by atoms with van der Waals surface area (Å²) in [6.45, 7) is 6.87. The van der Waals surface area contributed by atoms with Gasteiger partial charge in [0.1, 0.15) is 6.04 Å². The molecule has 166 valence electrons. The highest BCUT2D eigenvalue weighted by atomic mass is 16.5. The number of carbonyl (C=O) groups excluding carboxylic acids is 4. The Hall–Kier alpha value is -2.70. The molecule has 2 bridgehead atoms. The van der Waals surface area contributed by atoms with Gasteiger partial charge in [-0.2, -0.15) is 0 Å². The smallest absolute Gasteiger partial charge is 0.330 e. The van der Waals surface area contributed by atoms with Gasteiger partial charge < -0.3 is 10.1 Å². The Morgan fingerprint density at radius 3 is 2.13 bits per heavy atom. The minimum atomic E-state index is -1.00. The highest BCUT2D eigenvalue weighted by molar-refractivity contribution is 6.08. The predicted molar refractivity (Wildman–Crippen MR) is 114 cm³/mol. The van der Waals surface area contributed by atoms with Crippen LogP contribution in [0.2, 0.25) is 0 Å². The fourth-order valence-electron chi connectivity index (χ4n) is 5.79. The number of hydrogen-bond acceptors (Lipinski definition) is 5. The number of nitrogens with zero attached hydrogens (tertiary/aromatic N) is 1. The zero-order chi connectivity index (χ0) is 22.4. The van der Waals surface area contributed by atoms with E-state index < -0.39 is 24.5 Å². The monoisotopic (exact) mass is 426 g/mol. The van der Waals surface area contributed by atoms with E-state index >= 15 is 0 Å². The van der Waals surface area contributed by atoms with Crippen molar-refractivity contribution in [2.45, 2.75) is 53.0 Å². The quantitative estimate of drug-likeness (QED) is 0.558. The molecule has 1 aliphatic heterocycles. The van der Waals surface area contributed by atoms with Gasteiger partial charge in [-0.1, -0.05) is 32.0 Å². The van der Waals surface area contributed by atoms with Gasteiger partial charge in [-0.05, 0) is 62.0 Å². The highest BCUT2D eigenvalue weighted by Crippen LogP contribution is 2.56. The van der Waals surface area contributed by atoms with Gasteiger partial charge in [-0.3, -0.25) is 19.3 Å². The second-order valence-electron chi connectivity index (χ2n) is 9.54.